The Morgan fingerprint density at radius 2 is 0.876 bits per heavy atom. The number of nitriles is 1. The van der Waals surface area contributed by atoms with Crippen LogP contribution >= 0.6 is 45.9 Å². The third-order valence-electron chi connectivity index (χ3n) is 18.8. The first-order valence-corrected chi connectivity index (χ1v) is 47.3. The summed E-state index contributed by atoms with van der Waals surface area (Å²) in [6.45, 7) is 33.3. The van der Waals surface area contributed by atoms with E-state index in [0.29, 0.717) is 12.0 Å². The van der Waals surface area contributed by atoms with Gasteiger partial charge >= 0.3 is 0 Å². The van der Waals surface area contributed by atoms with E-state index in [1.54, 1.807) is 79.8 Å². The summed E-state index contributed by atoms with van der Waals surface area (Å²) in [6.07, 6.45) is 32.0. The van der Waals surface area contributed by atoms with Crippen molar-refractivity contribution in [3.8, 4) is 11.8 Å². The van der Waals surface area contributed by atoms with Gasteiger partial charge in [0.1, 0.15) is 40.7 Å². The lowest BCUT2D eigenvalue weighted by Gasteiger charge is -2.16. The monoisotopic (exact) mass is 1830 g/mol. The summed E-state index contributed by atoms with van der Waals surface area (Å²) in [5.74, 6) is 1.18. The molecule has 6 heterocycles. The fourth-order valence-electron chi connectivity index (χ4n) is 10.5. The highest BCUT2D eigenvalue weighted by atomic mass is 35.5. The van der Waals surface area contributed by atoms with Gasteiger partial charge in [-0.05, 0) is 260 Å². The molecule has 129 heavy (non-hydrogen) atoms. The Morgan fingerprint density at radius 1 is 0.388 bits per heavy atom. The Balaban J connectivity index is 0.000000692. The number of aryl methyl sites for hydroxylation is 14. The van der Waals surface area contributed by atoms with Crippen LogP contribution in [0.3, 0.4) is 0 Å². The van der Waals surface area contributed by atoms with Crippen LogP contribution in [0, 0.1) is 46.3 Å². The zero-order valence-electron chi connectivity index (χ0n) is 78.9. The molecule has 18 heteroatoms. The number of thiazole rings is 1. The number of methoxy groups -OCH3 is 1. The quantitative estimate of drug-likeness (QED) is 0.0871. The smallest absolute Gasteiger partial charge is 0.142 e. The van der Waals surface area contributed by atoms with Gasteiger partial charge in [0.05, 0.1) is 35.0 Å². The second-order valence-electron chi connectivity index (χ2n) is 28.4. The molecule has 1 aliphatic heterocycles. The molecule has 0 N–H and O–H groups in total. The lowest BCUT2D eigenvalue weighted by atomic mass is 10.0. The molecule has 0 aliphatic carbocycles. The first kappa shape index (κ1) is 116. The maximum atomic E-state index is 12.6. The van der Waals surface area contributed by atoms with Crippen LogP contribution in [-0.2, 0) is 94.6 Å². The summed E-state index contributed by atoms with van der Waals surface area (Å²) in [5.41, 5.74) is 15.3. The van der Waals surface area contributed by atoms with Crippen molar-refractivity contribution in [3.63, 3.8) is 0 Å². The largest absolute Gasteiger partial charge is 0.497 e. The van der Waals surface area contributed by atoms with Gasteiger partial charge in [0.15, 0.2) is 0 Å². The number of aromatic nitrogens is 6. The molecule has 5 aromatic heterocycles. The number of thiophene rings is 1. The average molecular weight is 1830 g/mol. The summed E-state index contributed by atoms with van der Waals surface area (Å²) in [7, 11) is 1.68. The predicted molar refractivity (Wildman–Crippen MR) is 539 cm³/mol. The molecule has 690 valence electrons. The SMILES string of the molecule is CC1CCOCC1.CCCc1ccccc1.CCc1ccc(C#N)cc1.CCc1ccc(Cl)c(F)c1.CCc1ccc(Cl)cc1.CCc1ccc(F)cc1.CCc1ccc(F)cc1F.CCc1ccc(OC)cc1.CCc1ccccc1.CCc1ccccc1F.CCc1cccs1.CCc1ccncc1.CCc1cnccn1.CCc1cncs1.CCc1ncccn1. The van der Waals surface area contributed by atoms with Crippen molar-refractivity contribution in [2.45, 2.75) is 213 Å². The Kier molecular flexibility index (Phi) is 70.4. The zero-order chi connectivity index (χ0) is 95.1. The maximum absolute atomic E-state index is 12.6. The van der Waals surface area contributed by atoms with Crippen LogP contribution in [0.25, 0.3) is 0 Å². The summed E-state index contributed by atoms with van der Waals surface area (Å²) >= 11 is 14.7. The molecular weight excluding hydrogens is 1690 g/mol. The number of hydrogen-bond acceptors (Lipinski definition) is 11. The Labute approximate surface area is 788 Å². The number of rotatable bonds is 16. The molecule has 0 amide bonds. The normalized spacial score (nSPS) is 10.2. The second kappa shape index (κ2) is 78.2. The highest BCUT2D eigenvalue weighted by Gasteiger charge is 2.07. The Bertz CT molecular complexity index is 4670. The van der Waals surface area contributed by atoms with Gasteiger partial charge in [-0.3, -0.25) is 19.9 Å². The molecule has 0 bridgehead atoms. The van der Waals surface area contributed by atoms with Crippen LogP contribution in [0.5, 0.6) is 5.75 Å². The fraction of sp³-hybridized carbons (Fsp3) is 0.324. The fourth-order valence-corrected chi connectivity index (χ4v) is 12.0. The van der Waals surface area contributed by atoms with E-state index in [1.165, 1.54) is 117 Å². The minimum Gasteiger partial charge on any atom is -0.497 e. The molecule has 1 fully saturated rings. The average Bonchev–Trinajstić information content (AvgIpc) is 1.02. The number of nitrogens with zero attached hydrogens (tertiary/aromatic N) is 7. The number of ether oxygens (including phenoxy) is 2. The van der Waals surface area contributed by atoms with Gasteiger partial charge in [-0.15, -0.1) is 22.7 Å². The highest BCUT2D eigenvalue weighted by Crippen LogP contribution is 2.18. The molecule has 14 aromatic rings. The molecule has 1 saturated heterocycles. The van der Waals surface area contributed by atoms with Crippen LogP contribution in [0.4, 0.5) is 22.0 Å². The van der Waals surface area contributed by atoms with Gasteiger partial charge < -0.3 is 9.47 Å². The van der Waals surface area contributed by atoms with Crippen molar-refractivity contribution in [2.24, 2.45) is 5.92 Å². The molecule has 9 nitrogen and oxygen atoms in total. The second-order valence-corrected chi connectivity index (χ2v) is 31.2. The van der Waals surface area contributed by atoms with Crippen LogP contribution in [0.1, 0.15) is 206 Å². The van der Waals surface area contributed by atoms with Crippen LogP contribution < -0.4 is 4.74 Å². The molecule has 0 spiro atoms. The van der Waals surface area contributed by atoms with Gasteiger partial charge in [0.2, 0.25) is 0 Å². The van der Waals surface area contributed by atoms with Gasteiger partial charge in [-0.1, -0.05) is 279 Å². The maximum Gasteiger partial charge on any atom is 0.142 e. The first-order chi connectivity index (χ1) is 62.6. The van der Waals surface area contributed by atoms with E-state index in [2.05, 4.69) is 189 Å². The van der Waals surface area contributed by atoms with Crippen molar-refractivity contribution in [1.29, 1.82) is 5.26 Å². The number of hydrogen-bond donors (Lipinski definition) is 0. The number of halogens is 7. The molecule has 0 radical (unpaired) electrons. The summed E-state index contributed by atoms with van der Waals surface area (Å²) in [6, 6.07) is 78.8. The van der Waals surface area contributed by atoms with E-state index in [0.717, 1.165) is 135 Å². The van der Waals surface area contributed by atoms with Crippen molar-refractivity contribution >= 4 is 45.9 Å². The topological polar surface area (TPSA) is 120 Å². The molecular formula is C111H138Cl2F5N7O2S2. The third kappa shape index (κ3) is 59.8. The van der Waals surface area contributed by atoms with Gasteiger partial charge in [-0.2, -0.15) is 5.26 Å². The van der Waals surface area contributed by atoms with E-state index >= 15 is 0 Å². The van der Waals surface area contributed by atoms with Gasteiger partial charge in [0, 0.05) is 90.1 Å². The predicted octanol–water partition coefficient (Wildman–Crippen LogP) is 31.7. The molecule has 0 atom stereocenters. The number of benzene rings is 9. The number of pyridine rings is 1. The van der Waals surface area contributed by atoms with E-state index < -0.39 is 11.6 Å². The molecule has 0 unspecified atom stereocenters. The van der Waals surface area contributed by atoms with Crippen molar-refractivity contribution in [2.75, 3.05) is 20.3 Å². The Morgan fingerprint density at radius 3 is 1.25 bits per heavy atom. The minimum absolute atomic E-state index is 0.0972. The zero-order valence-corrected chi connectivity index (χ0v) is 82.0. The first-order valence-electron chi connectivity index (χ1n) is 44.8. The molecule has 15 rings (SSSR count). The van der Waals surface area contributed by atoms with E-state index in [-0.39, 0.29) is 22.5 Å². The molecule has 0 saturated carbocycles. The van der Waals surface area contributed by atoms with Crippen LogP contribution in [0.15, 0.2) is 309 Å². The van der Waals surface area contributed by atoms with Gasteiger partial charge in [-0.25, -0.2) is 31.9 Å². The summed E-state index contributed by atoms with van der Waals surface area (Å²) in [4.78, 5) is 26.5. The minimum atomic E-state index is -0.519. The standard InChI is InChI=1S/C9H9N.C9H12O.C9H12.C8H8ClF.C8H9Cl.C8H8F2.2C8H9F.C8H10.C7H9N.2C6H8N2.C6H12O.C6H8S.C5H7NS/c1-2-8-3-5-9(7-10)6-4-8;1-3-8-4-6-9(10-2)7-5-8;1-2-6-9-7-4-3-5-8-9;1-2-6-3-4-7(9)8(10)5-6;1-2-7-3-5-8(9)6-4-7;1-2-6-3-4-7(9)5-8(6)10;1-2-7-3-5-8(9)6-4-7;1-2-7-5-3-4-6-8(7)9;1-2-8-6-4-3-5-7-8;1-2-7-3-5-8-6-4-7;1-2-6-5-7-3-4-8-6;1-2-6-7-4-3-5-8-6;1-6-2-4-7-5-3-6;1-2-6-4-3-5-7-6;1-2-5-3-6-4-7-5/h3-6H,2H2,1H3;4-7H,3H2,1-2H3;3-5,7-8H,2,6H2,1H3;3-5H,2H2,1H3;3-6H,2H2,1H3;3-5H,2H2,1H3;2*3-6H,2H2,1H3;3-7H,2H2,1H3;3-6H,2H2,1H3;2*3-5H,2H2,1H3;6H,2-5H2,1H3;3-5H,2H2,1H3;3-4H,2H2,1H3. The summed E-state index contributed by atoms with van der Waals surface area (Å²) < 4.78 is 72.5. The molecule has 1 aliphatic rings. The van der Waals surface area contributed by atoms with Crippen molar-refractivity contribution in [3.05, 3.63) is 431 Å². The Hall–Kier alpha value is -10.9. The van der Waals surface area contributed by atoms with Gasteiger partial charge in [0.25, 0.3) is 0 Å². The van der Waals surface area contributed by atoms with E-state index in [4.69, 9.17) is 37.9 Å². The molecule has 9 aromatic carbocycles. The van der Waals surface area contributed by atoms with Crippen molar-refractivity contribution < 1.29 is 31.4 Å². The van der Waals surface area contributed by atoms with E-state index in [1.807, 2.05) is 167 Å². The van der Waals surface area contributed by atoms with Crippen molar-refractivity contribution in [1.82, 2.24) is 29.9 Å². The highest BCUT2D eigenvalue weighted by molar-refractivity contribution is 7.10. The van der Waals surface area contributed by atoms with Crippen LogP contribution in [0.2, 0.25) is 10.0 Å². The summed E-state index contributed by atoms with van der Waals surface area (Å²) in [5, 5.41) is 11.6. The lowest BCUT2D eigenvalue weighted by molar-refractivity contribution is 0.0716. The van der Waals surface area contributed by atoms with Crippen LogP contribution in [-0.4, -0.2) is 50.2 Å². The van der Waals surface area contributed by atoms with E-state index in [9.17, 15) is 22.0 Å². The third-order valence-corrected chi connectivity index (χ3v) is 21.3. The lowest BCUT2D eigenvalue weighted by Crippen LogP contribution is -2.12.